The number of thiophene rings is 1. The first-order valence-corrected chi connectivity index (χ1v) is 11.4. The highest BCUT2D eigenvalue weighted by Crippen LogP contribution is 2.27. The van der Waals surface area contributed by atoms with Crippen LogP contribution in [0, 0.1) is 5.92 Å². The maximum absolute atomic E-state index is 12.0. The monoisotopic (exact) mass is 379 g/mol. The van der Waals surface area contributed by atoms with Gasteiger partial charge in [-0.1, -0.05) is 0 Å². The molecule has 2 aliphatic rings. The van der Waals surface area contributed by atoms with Crippen LogP contribution in [0.4, 0.5) is 0 Å². The fourth-order valence-electron chi connectivity index (χ4n) is 3.61. The third-order valence-corrected chi connectivity index (χ3v) is 7.77. The van der Waals surface area contributed by atoms with Gasteiger partial charge in [-0.05, 0) is 59.7 Å². The summed E-state index contributed by atoms with van der Waals surface area (Å²) in [5.74, 6) is 0.453. The number of fused-ring (bicyclic) bond motifs is 1. The van der Waals surface area contributed by atoms with Crippen molar-refractivity contribution in [2.75, 3.05) is 13.1 Å². The molecule has 5 nitrogen and oxygen atoms in total. The number of nitrogens with zero attached hydrogens (tertiary/aromatic N) is 2. The maximum atomic E-state index is 12.0. The number of hydrogen-bond donors (Lipinski definition) is 1. The molecule has 1 saturated carbocycles. The number of nitrogens with one attached hydrogen (secondary N) is 1. The molecular formula is C18H25N3O2S2. The van der Waals surface area contributed by atoms with Crippen molar-refractivity contribution < 1.29 is 8.42 Å². The first kappa shape index (κ1) is 17.3. The SMILES string of the molecule is O=S(=O)(NCCC1CN(Cc2ccsc2)Cc2cccn2C1)C1CC1. The lowest BCUT2D eigenvalue weighted by Crippen LogP contribution is -2.32. The van der Waals surface area contributed by atoms with Crippen molar-refractivity contribution in [1.82, 2.24) is 14.2 Å². The topological polar surface area (TPSA) is 54.3 Å². The van der Waals surface area contributed by atoms with Crippen LogP contribution in [0.15, 0.2) is 35.2 Å². The summed E-state index contributed by atoms with van der Waals surface area (Å²) in [5, 5.41) is 4.20. The molecule has 1 N–H and O–H groups in total. The van der Waals surface area contributed by atoms with Gasteiger partial charge in [0, 0.05) is 44.6 Å². The molecule has 25 heavy (non-hydrogen) atoms. The van der Waals surface area contributed by atoms with Crippen LogP contribution in [0.2, 0.25) is 0 Å². The van der Waals surface area contributed by atoms with Crippen molar-refractivity contribution >= 4 is 21.4 Å². The molecule has 2 aromatic rings. The molecule has 136 valence electrons. The van der Waals surface area contributed by atoms with Crippen LogP contribution in [0.25, 0.3) is 0 Å². The Labute approximate surface area is 153 Å². The molecule has 0 aromatic carbocycles. The molecule has 0 radical (unpaired) electrons. The summed E-state index contributed by atoms with van der Waals surface area (Å²) in [4.78, 5) is 2.49. The van der Waals surface area contributed by atoms with Crippen molar-refractivity contribution in [2.45, 2.75) is 44.1 Å². The molecule has 0 spiro atoms. The van der Waals surface area contributed by atoms with E-state index in [2.05, 4.69) is 49.3 Å². The van der Waals surface area contributed by atoms with Crippen LogP contribution in [0.3, 0.4) is 0 Å². The van der Waals surface area contributed by atoms with E-state index in [0.717, 1.165) is 45.4 Å². The zero-order valence-corrected chi connectivity index (χ0v) is 15.9. The highest BCUT2D eigenvalue weighted by Gasteiger charge is 2.35. The molecule has 0 amide bonds. The molecule has 1 aliphatic heterocycles. The summed E-state index contributed by atoms with van der Waals surface area (Å²) >= 11 is 1.74. The summed E-state index contributed by atoms with van der Waals surface area (Å²) in [6, 6.07) is 6.49. The van der Waals surface area contributed by atoms with Crippen molar-refractivity contribution in [3.63, 3.8) is 0 Å². The Balaban J connectivity index is 1.39. The molecule has 2 aromatic heterocycles. The van der Waals surface area contributed by atoms with Gasteiger partial charge in [0.1, 0.15) is 0 Å². The van der Waals surface area contributed by atoms with E-state index in [4.69, 9.17) is 0 Å². The minimum Gasteiger partial charge on any atom is -0.350 e. The van der Waals surface area contributed by atoms with Gasteiger partial charge in [-0.3, -0.25) is 4.90 Å². The zero-order chi connectivity index (χ0) is 17.3. The molecule has 1 fully saturated rings. The average Bonchev–Trinajstić information content (AvgIpc) is 3.22. The summed E-state index contributed by atoms with van der Waals surface area (Å²) in [5.41, 5.74) is 2.70. The smallest absolute Gasteiger partial charge is 0.214 e. The van der Waals surface area contributed by atoms with E-state index in [0.29, 0.717) is 12.5 Å². The van der Waals surface area contributed by atoms with Gasteiger partial charge in [-0.25, -0.2) is 13.1 Å². The Hall–Kier alpha value is -1.15. The third kappa shape index (κ3) is 4.34. The van der Waals surface area contributed by atoms with Crippen LogP contribution in [0.5, 0.6) is 0 Å². The first-order chi connectivity index (χ1) is 12.1. The van der Waals surface area contributed by atoms with Gasteiger partial charge < -0.3 is 4.57 Å². The quantitative estimate of drug-likeness (QED) is 0.805. The number of rotatable bonds is 7. The fraction of sp³-hybridized carbons (Fsp3) is 0.556. The van der Waals surface area contributed by atoms with E-state index in [1.165, 1.54) is 11.3 Å². The summed E-state index contributed by atoms with van der Waals surface area (Å²) in [6.45, 7) is 4.43. The number of sulfonamides is 1. The van der Waals surface area contributed by atoms with Crippen molar-refractivity contribution in [3.8, 4) is 0 Å². The Morgan fingerprint density at radius 2 is 2.12 bits per heavy atom. The molecule has 0 bridgehead atoms. The van der Waals surface area contributed by atoms with Crippen LogP contribution < -0.4 is 4.72 Å². The molecule has 3 heterocycles. The second-order valence-corrected chi connectivity index (χ2v) is 10.1. The second kappa shape index (κ2) is 7.23. The van der Waals surface area contributed by atoms with Crippen LogP contribution in [-0.4, -0.2) is 36.2 Å². The van der Waals surface area contributed by atoms with Crippen LogP contribution >= 0.6 is 11.3 Å². The van der Waals surface area contributed by atoms with Crippen molar-refractivity contribution in [3.05, 3.63) is 46.4 Å². The van der Waals surface area contributed by atoms with Gasteiger partial charge in [0.2, 0.25) is 10.0 Å². The van der Waals surface area contributed by atoms with E-state index in [-0.39, 0.29) is 5.25 Å². The van der Waals surface area contributed by atoms with Crippen LogP contribution in [0.1, 0.15) is 30.5 Å². The van der Waals surface area contributed by atoms with Crippen LogP contribution in [-0.2, 0) is 29.7 Å². The zero-order valence-electron chi connectivity index (χ0n) is 14.3. The van der Waals surface area contributed by atoms with Gasteiger partial charge in [0.25, 0.3) is 0 Å². The molecule has 4 rings (SSSR count). The van der Waals surface area contributed by atoms with Gasteiger partial charge in [0.05, 0.1) is 5.25 Å². The molecular weight excluding hydrogens is 354 g/mol. The first-order valence-electron chi connectivity index (χ1n) is 8.96. The Morgan fingerprint density at radius 3 is 2.88 bits per heavy atom. The summed E-state index contributed by atoms with van der Waals surface area (Å²) < 4.78 is 29.2. The number of aromatic nitrogens is 1. The minimum absolute atomic E-state index is 0.132. The van der Waals surface area contributed by atoms with Crippen molar-refractivity contribution in [2.24, 2.45) is 5.92 Å². The van der Waals surface area contributed by atoms with Gasteiger partial charge in [-0.15, -0.1) is 0 Å². The molecule has 7 heteroatoms. The average molecular weight is 380 g/mol. The maximum Gasteiger partial charge on any atom is 0.214 e. The van der Waals surface area contributed by atoms with E-state index >= 15 is 0 Å². The fourth-order valence-corrected chi connectivity index (χ4v) is 5.67. The summed E-state index contributed by atoms with van der Waals surface area (Å²) in [6.07, 6.45) is 4.66. The highest BCUT2D eigenvalue weighted by molar-refractivity contribution is 7.90. The molecule has 1 aliphatic carbocycles. The standard InChI is InChI=1S/C18H25N3O2S2/c22-25(23,18-3-4-18)19-7-5-15-10-20(11-16-6-9-24-14-16)13-17-2-1-8-21(17)12-15/h1-2,6,8-9,14-15,18-19H,3-5,7,10-13H2. The highest BCUT2D eigenvalue weighted by atomic mass is 32.2. The second-order valence-electron chi connectivity index (χ2n) is 7.25. The van der Waals surface area contributed by atoms with E-state index in [9.17, 15) is 8.42 Å². The van der Waals surface area contributed by atoms with E-state index in [1.807, 2.05) is 0 Å². The Kier molecular flexibility index (Phi) is 4.99. The Morgan fingerprint density at radius 1 is 1.24 bits per heavy atom. The minimum atomic E-state index is -3.07. The molecule has 1 atom stereocenters. The lowest BCUT2D eigenvalue weighted by atomic mass is 10.1. The van der Waals surface area contributed by atoms with Gasteiger partial charge in [0.15, 0.2) is 0 Å². The lowest BCUT2D eigenvalue weighted by molar-refractivity contribution is 0.216. The van der Waals surface area contributed by atoms with Gasteiger partial charge in [-0.2, -0.15) is 11.3 Å². The predicted octanol–water partition coefficient (Wildman–Crippen LogP) is 2.65. The molecule has 1 unspecified atom stereocenters. The number of hydrogen-bond acceptors (Lipinski definition) is 4. The summed E-state index contributed by atoms with van der Waals surface area (Å²) in [7, 11) is -3.07. The third-order valence-electron chi connectivity index (χ3n) is 5.09. The van der Waals surface area contributed by atoms with E-state index in [1.54, 1.807) is 11.3 Å². The largest absolute Gasteiger partial charge is 0.350 e. The normalized spacial score (nSPS) is 21.8. The van der Waals surface area contributed by atoms with Crippen molar-refractivity contribution in [1.29, 1.82) is 0 Å². The Bertz CT molecular complexity index is 794. The lowest BCUT2D eigenvalue weighted by Gasteiger charge is -2.23. The molecule has 0 saturated heterocycles. The van der Waals surface area contributed by atoms with E-state index < -0.39 is 10.0 Å². The van der Waals surface area contributed by atoms with Gasteiger partial charge >= 0.3 is 0 Å². The predicted molar refractivity (Wildman–Crippen MR) is 101 cm³/mol.